The fourth-order valence-corrected chi connectivity index (χ4v) is 3.31. The summed E-state index contributed by atoms with van der Waals surface area (Å²) in [6.45, 7) is 6.35. The molecule has 0 fully saturated rings. The summed E-state index contributed by atoms with van der Waals surface area (Å²) in [4.78, 5) is 1.36. The molecule has 0 radical (unpaired) electrons. The van der Waals surface area contributed by atoms with Gasteiger partial charge in [-0.25, -0.2) is 0 Å². The molecule has 0 saturated carbocycles. The third-order valence-electron chi connectivity index (χ3n) is 3.23. The molecule has 0 spiro atoms. The summed E-state index contributed by atoms with van der Waals surface area (Å²) >= 11 is 1.90. The van der Waals surface area contributed by atoms with Gasteiger partial charge in [-0.3, -0.25) is 0 Å². The second-order valence-corrected chi connectivity index (χ2v) is 6.59. The minimum atomic E-state index is 0.204. The van der Waals surface area contributed by atoms with Crippen molar-refractivity contribution in [3.63, 3.8) is 0 Å². The van der Waals surface area contributed by atoms with E-state index >= 15 is 0 Å². The van der Waals surface area contributed by atoms with Gasteiger partial charge in [0.05, 0.1) is 0 Å². The average molecular weight is 285 g/mol. The predicted molar refractivity (Wildman–Crippen MR) is 89.3 cm³/mol. The Bertz CT molecular complexity index is 575. The van der Waals surface area contributed by atoms with Crippen molar-refractivity contribution in [1.29, 1.82) is 0 Å². The van der Waals surface area contributed by atoms with Gasteiger partial charge in [0.1, 0.15) is 0 Å². The normalized spacial score (nSPS) is 12.4. The second-order valence-electron chi connectivity index (χ2n) is 5.57. The van der Waals surface area contributed by atoms with Crippen LogP contribution in [0.25, 0.3) is 0 Å². The molecule has 1 nitrogen and oxygen atoms in total. The number of hydrogen-bond acceptors (Lipinski definition) is 2. The summed E-state index contributed by atoms with van der Waals surface area (Å²) in [6, 6.07) is 15.6. The second kappa shape index (κ2) is 6.96. The van der Waals surface area contributed by atoms with Crippen LogP contribution >= 0.6 is 11.8 Å². The van der Waals surface area contributed by atoms with E-state index in [2.05, 4.69) is 63.2 Å². The van der Waals surface area contributed by atoms with Gasteiger partial charge in [-0.05, 0) is 44.4 Å². The summed E-state index contributed by atoms with van der Waals surface area (Å²) in [5.74, 6) is 1.01. The first-order valence-corrected chi connectivity index (χ1v) is 8.06. The van der Waals surface area contributed by atoms with Crippen LogP contribution in [0.5, 0.6) is 0 Å². The lowest BCUT2D eigenvalue weighted by atomic mass is 10.1. The zero-order valence-electron chi connectivity index (χ0n) is 12.5. The third kappa shape index (κ3) is 4.39. The highest BCUT2D eigenvalue weighted by Crippen LogP contribution is 2.28. The van der Waals surface area contributed by atoms with Gasteiger partial charge < -0.3 is 5.73 Å². The van der Waals surface area contributed by atoms with Crippen LogP contribution in [0.15, 0.2) is 47.4 Å². The van der Waals surface area contributed by atoms with Crippen LogP contribution in [-0.2, 0) is 12.2 Å². The first-order valence-electron chi connectivity index (χ1n) is 7.08. The molecule has 1 atom stereocenters. The van der Waals surface area contributed by atoms with Crippen molar-refractivity contribution >= 4 is 11.8 Å². The molecule has 106 valence electrons. The molecule has 2 heteroatoms. The van der Waals surface area contributed by atoms with Crippen LogP contribution in [-0.4, -0.2) is 6.04 Å². The minimum absolute atomic E-state index is 0.204. The average Bonchev–Trinajstić information content (AvgIpc) is 2.37. The van der Waals surface area contributed by atoms with Crippen molar-refractivity contribution in [3.8, 4) is 0 Å². The number of benzene rings is 2. The lowest BCUT2D eigenvalue weighted by Crippen LogP contribution is -2.18. The SMILES string of the molecule is Cc1cccc(CSc2ccc(C)cc2CC(C)N)c1. The van der Waals surface area contributed by atoms with E-state index in [0.717, 1.165) is 12.2 Å². The molecule has 20 heavy (non-hydrogen) atoms. The summed E-state index contributed by atoms with van der Waals surface area (Å²) in [5.41, 5.74) is 11.3. The first-order chi connectivity index (χ1) is 9.54. The summed E-state index contributed by atoms with van der Waals surface area (Å²) in [5, 5.41) is 0. The molecule has 2 rings (SSSR count). The van der Waals surface area contributed by atoms with Crippen molar-refractivity contribution in [2.45, 2.75) is 43.9 Å². The molecule has 2 aromatic carbocycles. The Labute approximate surface area is 126 Å². The fourth-order valence-electron chi connectivity index (χ4n) is 2.32. The molecule has 0 bridgehead atoms. The van der Waals surface area contributed by atoms with E-state index in [-0.39, 0.29) is 6.04 Å². The summed E-state index contributed by atoms with van der Waals surface area (Å²) in [6.07, 6.45) is 0.942. The largest absolute Gasteiger partial charge is 0.328 e. The summed E-state index contributed by atoms with van der Waals surface area (Å²) in [7, 11) is 0. The summed E-state index contributed by atoms with van der Waals surface area (Å²) < 4.78 is 0. The Morgan fingerprint density at radius 2 is 1.80 bits per heavy atom. The van der Waals surface area contributed by atoms with Gasteiger partial charge >= 0.3 is 0 Å². The number of nitrogens with two attached hydrogens (primary N) is 1. The van der Waals surface area contributed by atoms with Crippen LogP contribution in [0.2, 0.25) is 0 Å². The number of hydrogen-bond donors (Lipinski definition) is 1. The van der Waals surface area contributed by atoms with Crippen molar-refractivity contribution in [3.05, 3.63) is 64.7 Å². The fraction of sp³-hybridized carbons (Fsp3) is 0.333. The lowest BCUT2D eigenvalue weighted by Gasteiger charge is -2.12. The maximum atomic E-state index is 5.96. The highest BCUT2D eigenvalue weighted by atomic mass is 32.2. The van der Waals surface area contributed by atoms with Crippen LogP contribution < -0.4 is 5.73 Å². The Balaban J connectivity index is 2.12. The van der Waals surface area contributed by atoms with E-state index in [1.54, 1.807) is 0 Å². The first kappa shape index (κ1) is 15.1. The quantitative estimate of drug-likeness (QED) is 0.819. The van der Waals surface area contributed by atoms with Gasteiger partial charge in [-0.2, -0.15) is 0 Å². The molecule has 0 amide bonds. The van der Waals surface area contributed by atoms with Crippen molar-refractivity contribution < 1.29 is 0 Å². The van der Waals surface area contributed by atoms with E-state index in [1.165, 1.54) is 27.1 Å². The van der Waals surface area contributed by atoms with E-state index in [4.69, 9.17) is 5.73 Å². The number of aryl methyl sites for hydroxylation is 2. The van der Waals surface area contributed by atoms with Crippen LogP contribution in [0.3, 0.4) is 0 Å². The van der Waals surface area contributed by atoms with Gasteiger partial charge in [0.2, 0.25) is 0 Å². The Kier molecular flexibility index (Phi) is 5.27. The molecule has 0 aromatic heterocycles. The van der Waals surface area contributed by atoms with Gasteiger partial charge in [0.25, 0.3) is 0 Å². The number of thioether (sulfide) groups is 1. The molecule has 0 heterocycles. The molecule has 2 N–H and O–H groups in total. The minimum Gasteiger partial charge on any atom is -0.328 e. The highest BCUT2D eigenvalue weighted by Gasteiger charge is 2.06. The van der Waals surface area contributed by atoms with Gasteiger partial charge in [0.15, 0.2) is 0 Å². The zero-order chi connectivity index (χ0) is 14.5. The molecule has 0 aliphatic heterocycles. The highest BCUT2D eigenvalue weighted by molar-refractivity contribution is 7.98. The predicted octanol–water partition coefficient (Wildman–Crippen LogP) is 4.49. The lowest BCUT2D eigenvalue weighted by molar-refractivity contribution is 0.729. The van der Waals surface area contributed by atoms with Crippen molar-refractivity contribution in [2.24, 2.45) is 5.73 Å². The zero-order valence-corrected chi connectivity index (χ0v) is 13.3. The van der Waals surface area contributed by atoms with E-state index in [1.807, 2.05) is 11.8 Å². The van der Waals surface area contributed by atoms with Gasteiger partial charge in [0, 0.05) is 16.7 Å². The van der Waals surface area contributed by atoms with Crippen molar-refractivity contribution in [1.82, 2.24) is 0 Å². The third-order valence-corrected chi connectivity index (χ3v) is 4.42. The molecule has 1 unspecified atom stereocenters. The van der Waals surface area contributed by atoms with Gasteiger partial charge in [-0.1, -0.05) is 47.5 Å². The number of rotatable bonds is 5. The smallest absolute Gasteiger partial charge is 0.0232 e. The van der Waals surface area contributed by atoms with E-state index in [9.17, 15) is 0 Å². The Morgan fingerprint density at radius 1 is 1.05 bits per heavy atom. The van der Waals surface area contributed by atoms with Crippen LogP contribution in [0, 0.1) is 13.8 Å². The van der Waals surface area contributed by atoms with Gasteiger partial charge in [-0.15, -0.1) is 11.8 Å². The van der Waals surface area contributed by atoms with E-state index < -0.39 is 0 Å². The topological polar surface area (TPSA) is 26.0 Å². The van der Waals surface area contributed by atoms with Crippen LogP contribution in [0.1, 0.15) is 29.2 Å². The standard InChI is InChI=1S/C18H23NS/c1-13-5-4-6-16(9-13)12-20-18-8-7-14(2)10-17(18)11-15(3)19/h4-10,15H,11-12,19H2,1-3H3. The molecular weight excluding hydrogens is 262 g/mol. The Morgan fingerprint density at radius 3 is 2.50 bits per heavy atom. The molecule has 0 aliphatic carbocycles. The van der Waals surface area contributed by atoms with Crippen molar-refractivity contribution in [2.75, 3.05) is 0 Å². The molecule has 2 aromatic rings. The van der Waals surface area contributed by atoms with Crippen LogP contribution in [0.4, 0.5) is 0 Å². The molecular formula is C18H23NS. The maximum Gasteiger partial charge on any atom is 0.0232 e. The monoisotopic (exact) mass is 285 g/mol. The maximum absolute atomic E-state index is 5.96. The Hall–Kier alpha value is -1.25. The molecule has 0 aliphatic rings. The molecule has 0 saturated heterocycles. The van der Waals surface area contributed by atoms with E-state index in [0.29, 0.717) is 0 Å².